The van der Waals surface area contributed by atoms with Crippen LogP contribution in [-0.4, -0.2) is 32.7 Å². The molecule has 1 aromatic rings. The number of para-hydroxylation sites is 2. The summed E-state index contributed by atoms with van der Waals surface area (Å²) in [5.41, 5.74) is 0. The summed E-state index contributed by atoms with van der Waals surface area (Å²) in [4.78, 5) is 0. The largest absolute Gasteiger partial charge is 0.448 e. The Morgan fingerprint density at radius 2 is 1.67 bits per heavy atom. The molecule has 4 nitrogen and oxygen atoms in total. The molecule has 1 aliphatic rings. The SMILES string of the molecule is CCCCOCCOCC1Oc2ccccc2O1. The van der Waals surface area contributed by atoms with Crippen LogP contribution in [-0.2, 0) is 9.47 Å². The summed E-state index contributed by atoms with van der Waals surface area (Å²) in [6.45, 7) is 4.57. The lowest BCUT2D eigenvalue weighted by molar-refractivity contribution is -0.0463. The fraction of sp³-hybridized carbons (Fsp3) is 0.571. The zero-order chi connectivity index (χ0) is 12.6. The minimum atomic E-state index is -0.335. The van der Waals surface area contributed by atoms with Crippen molar-refractivity contribution in [2.24, 2.45) is 0 Å². The van der Waals surface area contributed by atoms with E-state index >= 15 is 0 Å². The van der Waals surface area contributed by atoms with Gasteiger partial charge in [-0.3, -0.25) is 0 Å². The summed E-state index contributed by atoms with van der Waals surface area (Å²) in [7, 11) is 0. The van der Waals surface area contributed by atoms with Gasteiger partial charge in [-0.15, -0.1) is 0 Å². The van der Waals surface area contributed by atoms with Gasteiger partial charge in [0, 0.05) is 6.61 Å². The molecule has 0 unspecified atom stereocenters. The number of hydrogen-bond acceptors (Lipinski definition) is 4. The maximum atomic E-state index is 5.56. The highest BCUT2D eigenvalue weighted by molar-refractivity contribution is 5.41. The summed E-state index contributed by atoms with van der Waals surface area (Å²) < 4.78 is 22.0. The molecule has 0 amide bonds. The lowest BCUT2D eigenvalue weighted by Crippen LogP contribution is -2.25. The Bertz CT molecular complexity index is 328. The molecule has 0 saturated carbocycles. The Morgan fingerprint density at radius 3 is 2.33 bits per heavy atom. The first-order valence-electron chi connectivity index (χ1n) is 6.48. The lowest BCUT2D eigenvalue weighted by Gasteiger charge is -2.10. The van der Waals surface area contributed by atoms with Crippen molar-refractivity contribution in [3.05, 3.63) is 24.3 Å². The Kier molecular flexibility index (Phi) is 5.30. The van der Waals surface area contributed by atoms with Gasteiger partial charge in [0.25, 0.3) is 6.29 Å². The monoisotopic (exact) mass is 252 g/mol. The third-order valence-electron chi connectivity index (χ3n) is 2.63. The molecular weight excluding hydrogens is 232 g/mol. The van der Waals surface area contributed by atoms with Crippen molar-refractivity contribution in [2.75, 3.05) is 26.4 Å². The highest BCUT2D eigenvalue weighted by atomic mass is 16.7. The summed E-state index contributed by atoms with van der Waals surface area (Å²) in [5, 5.41) is 0. The molecule has 0 saturated heterocycles. The van der Waals surface area contributed by atoms with E-state index in [1.165, 1.54) is 0 Å². The fourth-order valence-electron chi connectivity index (χ4n) is 1.67. The molecule has 0 fully saturated rings. The Balaban J connectivity index is 1.54. The van der Waals surface area contributed by atoms with Crippen LogP contribution in [0.2, 0.25) is 0 Å². The van der Waals surface area contributed by atoms with Gasteiger partial charge < -0.3 is 18.9 Å². The quantitative estimate of drug-likeness (QED) is 0.666. The average molecular weight is 252 g/mol. The topological polar surface area (TPSA) is 36.9 Å². The van der Waals surface area contributed by atoms with E-state index in [4.69, 9.17) is 18.9 Å². The van der Waals surface area contributed by atoms with E-state index in [2.05, 4.69) is 6.92 Å². The van der Waals surface area contributed by atoms with Gasteiger partial charge in [0.05, 0.1) is 13.2 Å². The van der Waals surface area contributed by atoms with E-state index < -0.39 is 0 Å². The van der Waals surface area contributed by atoms with Gasteiger partial charge in [0.2, 0.25) is 0 Å². The van der Waals surface area contributed by atoms with Gasteiger partial charge >= 0.3 is 0 Å². The van der Waals surface area contributed by atoms with Crippen LogP contribution in [0.15, 0.2) is 24.3 Å². The van der Waals surface area contributed by atoms with Crippen molar-refractivity contribution in [1.29, 1.82) is 0 Å². The van der Waals surface area contributed by atoms with Crippen molar-refractivity contribution < 1.29 is 18.9 Å². The van der Waals surface area contributed by atoms with Crippen LogP contribution in [0.4, 0.5) is 0 Å². The molecule has 1 aromatic carbocycles. The van der Waals surface area contributed by atoms with Crippen LogP contribution >= 0.6 is 0 Å². The molecule has 0 aliphatic carbocycles. The van der Waals surface area contributed by atoms with Crippen LogP contribution in [0, 0.1) is 0 Å². The van der Waals surface area contributed by atoms with Gasteiger partial charge in [0.1, 0.15) is 6.61 Å². The number of fused-ring (bicyclic) bond motifs is 1. The maximum absolute atomic E-state index is 5.56. The van der Waals surface area contributed by atoms with Crippen LogP contribution in [0.25, 0.3) is 0 Å². The van der Waals surface area contributed by atoms with Gasteiger partial charge in [0.15, 0.2) is 11.5 Å². The van der Waals surface area contributed by atoms with E-state index in [1.54, 1.807) is 0 Å². The smallest absolute Gasteiger partial charge is 0.264 e. The van der Waals surface area contributed by atoms with E-state index in [0.717, 1.165) is 30.9 Å². The lowest BCUT2D eigenvalue weighted by atomic mass is 10.3. The van der Waals surface area contributed by atoms with Crippen molar-refractivity contribution in [3.8, 4) is 11.5 Å². The van der Waals surface area contributed by atoms with Gasteiger partial charge in [-0.25, -0.2) is 0 Å². The molecule has 1 heterocycles. The second kappa shape index (κ2) is 7.24. The molecule has 0 atom stereocenters. The van der Waals surface area contributed by atoms with Gasteiger partial charge in [-0.1, -0.05) is 25.5 Å². The van der Waals surface area contributed by atoms with E-state index in [1.807, 2.05) is 24.3 Å². The second-order valence-corrected chi connectivity index (χ2v) is 4.15. The predicted octanol–water partition coefficient (Wildman–Crippen LogP) is 2.62. The van der Waals surface area contributed by atoms with E-state index in [9.17, 15) is 0 Å². The number of rotatable bonds is 8. The molecular formula is C14H20O4. The predicted molar refractivity (Wildman–Crippen MR) is 68.0 cm³/mol. The summed E-state index contributed by atoms with van der Waals surface area (Å²) in [5.74, 6) is 1.57. The molecule has 0 N–H and O–H groups in total. The van der Waals surface area contributed by atoms with Crippen molar-refractivity contribution in [2.45, 2.75) is 26.1 Å². The number of unbranched alkanes of at least 4 members (excludes halogenated alkanes) is 1. The molecule has 2 rings (SSSR count). The van der Waals surface area contributed by atoms with Crippen LogP contribution < -0.4 is 9.47 Å². The summed E-state index contributed by atoms with van der Waals surface area (Å²) >= 11 is 0. The molecule has 0 aromatic heterocycles. The zero-order valence-corrected chi connectivity index (χ0v) is 10.8. The first-order chi connectivity index (χ1) is 8.90. The molecule has 0 spiro atoms. The first-order valence-corrected chi connectivity index (χ1v) is 6.48. The Morgan fingerprint density at radius 1 is 1.00 bits per heavy atom. The van der Waals surface area contributed by atoms with Crippen LogP contribution in [0.1, 0.15) is 19.8 Å². The third kappa shape index (κ3) is 3.89. The summed E-state index contributed by atoms with van der Waals surface area (Å²) in [6.07, 6.45) is 1.92. The maximum Gasteiger partial charge on any atom is 0.264 e. The third-order valence-corrected chi connectivity index (χ3v) is 2.63. The minimum Gasteiger partial charge on any atom is -0.448 e. The van der Waals surface area contributed by atoms with Gasteiger partial charge in [-0.05, 0) is 18.6 Å². The van der Waals surface area contributed by atoms with Crippen molar-refractivity contribution >= 4 is 0 Å². The normalized spacial score (nSPS) is 14.1. The molecule has 0 radical (unpaired) electrons. The molecule has 18 heavy (non-hydrogen) atoms. The number of hydrogen-bond donors (Lipinski definition) is 0. The molecule has 4 heteroatoms. The van der Waals surface area contributed by atoms with Crippen LogP contribution in [0.5, 0.6) is 11.5 Å². The summed E-state index contributed by atoms with van der Waals surface area (Å²) in [6, 6.07) is 7.63. The molecule has 100 valence electrons. The zero-order valence-electron chi connectivity index (χ0n) is 10.8. The standard InChI is InChI=1S/C14H20O4/c1-2-3-8-15-9-10-16-11-14-17-12-6-4-5-7-13(12)18-14/h4-7,14H,2-3,8-11H2,1H3. The first kappa shape index (κ1) is 13.2. The van der Waals surface area contributed by atoms with Crippen molar-refractivity contribution in [3.63, 3.8) is 0 Å². The highest BCUT2D eigenvalue weighted by Crippen LogP contribution is 2.33. The Hall–Kier alpha value is -1.26. The molecule has 1 aliphatic heterocycles. The number of ether oxygens (including phenoxy) is 4. The highest BCUT2D eigenvalue weighted by Gasteiger charge is 2.23. The van der Waals surface area contributed by atoms with Gasteiger partial charge in [-0.2, -0.15) is 0 Å². The number of benzene rings is 1. The Labute approximate surface area is 108 Å². The van der Waals surface area contributed by atoms with Crippen molar-refractivity contribution in [1.82, 2.24) is 0 Å². The minimum absolute atomic E-state index is 0.335. The van der Waals surface area contributed by atoms with E-state index in [-0.39, 0.29) is 6.29 Å². The molecule has 0 bridgehead atoms. The fourth-order valence-corrected chi connectivity index (χ4v) is 1.67. The van der Waals surface area contributed by atoms with E-state index in [0.29, 0.717) is 19.8 Å². The second-order valence-electron chi connectivity index (χ2n) is 4.15. The van der Waals surface area contributed by atoms with Crippen LogP contribution in [0.3, 0.4) is 0 Å². The average Bonchev–Trinajstić information content (AvgIpc) is 2.80.